The van der Waals surface area contributed by atoms with E-state index in [2.05, 4.69) is 41.1 Å². The summed E-state index contributed by atoms with van der Waals surface area (Å²) >= 11 is 0. The van der Waals surface area contributed by atoms with Crippen LogP contribution in [0.3, 0.4) is 0 Å². The first kappa shape index (κ1) is 11.1. The summed E-state index contributed by atoms with van der Waals surface area (Å²) in [5, 5.41) is 0. The Kier molecular flexibility index (Phi) is 2.67. The van der Waals surface area contributed by atoms with Gasteiger partial charge in [-0.3, -0.25) is 0 Å². The van der Waals surface area contributed by atoms with Gasteiger partial charge in [0.05, 0.1) is 0 Å². The van der Waals surface area contributed by atoms with Gasteiger partial charge < -0.3 is 10.6 Å². The highest BCUT2D eigenvalue weighted by atomic mass is 15.2. The quantitative estimate of drug-likeness (QED) is 0.832. The lowest BCUT2D eigenvalue weighted by Crippen LogP contribution is -2.33. The Balaban J connectivity index is 1.94. The third kappa shape index (κ3) is 1.92. The molecule has 0 saturated carbocycles. The Morgan fingerprint density at radius 3 is 2.94 bits per heavy atom. The van der Waals surface area contributed by atoms with E-state index in [1.54, 1.807) is 6.20 Å². The van der Waals surface area contributed by atoms with E-state index in [1.165, 1.54) is 11.1 Å². The molecule has 3 nitrogen and oxygen atoms in total. The lowest BCUT2D eigenvalue weighted by molar-refractivity contribution is 0.634. The van der Waals surface area contributed by atoms with E-state index in [0.717, 1.165) is 24.6 Å². The molecule has 1 aliphatic rings. The van der Waals surface area contributed by atoms with Gasteiger partial charge in [-0.2, -0.15) is 0 Å². The minimum Gasteiger partial charge on any atom is -0.399 e. The fourth-order valence-corrected chi connectivity index (χ4v) is 2.64. The number of nitrogen functional groups attached to an aromatic ring is 1. The van der Waals surface area contributed by atoms with E-state index < -0.39 is 0 Å². The third-order valence-corrected chi connectivity index (χ3v) is 3.54. The number of fused-ring (bicyclic) bond motifs is 1. The van der Waals surface area contributed by atoms with Crippen molar-refractivity contribution in [3.8, 4) is 0 Å². The number of hydrogen-bond donors (Lipinski definition) is 1. The molecule has 2 aromatic rings. The SMILES string of the molecule is C[C@@H]1CN(c2cc(N)ccn2)Cc2ccccc21. The highest BCUT2D eigenvalue weighted by molar-refractivity contribution is 5.52. The van der Waals surface area contributed by atoms with Gasteiger partial charge in [0.1, 0.15) is 5.82 Å². The van der Waals surface area contributed by atoms with Crippen LogP contribution in [0.1, 0.15) is 24.0 Å². The second-order valence-electron chi connectivity index (χ2n) is 4.93. The van der Waals surface area contributed by atoms with Crippen molar-refractivity contribution in [2.45, 2.75) is 19.4 Å². The summed E-state index contributed by atoms with van der Waals surface area (Å²) in [5.74, 6) is 1.49. The van der Waals surface area contributed by atoms with Crippen molar-refractivity contribution in [3.05, 3.63) is 53.7 Å². The van der Waals surface area contributed by atoms with Crippen molar-refractivity contribution < 1.29 is 0 Å². The molecule has 2 heterocycles. The van der Waals surface area contributed by atoms with E-state index in [9.17, 15) is 0 Å². The van der Waals surface area contributed by atoms with Crippen LogP contribution in [-0.4, -0.2) is 11.5 Å². The van der Waals surface area contributed by atoms with Crippen LogP contribution in [0.15, 0.2) is 42.6 Å². The predicted octanol–water partition coefficient (Wildman–Crippen LogP) is 2.79. The molecule has 1 aliphatic heterocycles. The Hall–Kier alpha value is -2.03. The maximum absolute atomic E-state index is 5.83. The average molecular weight is 239 g/mol. The molecule has 1 aromatic heterocycles. The molecular formula is C15H17N3. The molecule has 1 aromatic carbocycles. The molecule has 0 fully saturated rings. The first-order chi connectivity index (χ1) is 8.74. The fourth-order valence-electron chi connectivity index (χ4n) is 2.64. The summed E-state index contributed by atoms with van der Waals surface area (Å²) in [6.45, 7) is 4.17. The van der Waals surface area contributed by atoms with Crippen LogP contribution in [0.25, 0.3) is 0 Å². The van der Waals surface area contributed by atoms with Crippen LogP contribution < -0.4 is 10.6 Å². The van der Waals surface area contributed by atoms with Gasteiger partial charge in [-0.25, -0.2) is 4.98 Å². The minimum atomic E-state index is 0.526. The van der Waals surface area contributed by atoms with E-state index in [1.807, 2.05) is 12.1 Å². The molecule has 3 rings (SSSR count). The van der Waals surface area contributed by atoms with Crippen LogP contribution in [0.2, 0.25) is 0 Å². The molecule has 0 radical (unpaired) electrons. The van der Waals surface area contributed by atoms with E-state index in [0.29, 0.717) is 5.92 Å². The van der Waals surface area contributed by atoms with Gasteiger partial charge in [0.2, 0.25) is 0 Å². The zero-order chi connectivity index (χ0) is 12.5. The predicted molar refractivity (Wildman–Crippen MR) is 74.6 cm³/mol. The molecule has 0 bridgehead atoms. The van der Waals surface area contributed by atoms with Crippen LogP contribution in [0, 0.1) is 0 Å². The molecule has 3 heteroatoms. The normalized spacial score (nSPS) is 18.5. The topological polar surface area (TPSA) is 42.1 Å². The summed E-state index contributed by atoms with van der Waals surface area (Å²) in [4.78, 5) is 6.71. The van der Waals surface area contributed by atoms with E-state index >= 15 is 0 Å². The lowest BCUT2D eigenvalue weighted by Gasteiger charge is -2.34. The van der Waals surface area contributed by atoms with Crippen LogP contribution in [0.4, 0.5) is 11.5 Å². The standard InChI is InChI=1S/C15H17N3/c1-11-9-18(15-8-13(16)6-7-17-15)10-12-4-2-3-5-14(11)12/h2-8,11H,9-10H2,1H3,(H2,16,17)/t11-/m1/s1. The van der Waals surface area contributed by atoms with Gasteiger partial charge in [0.15, 0.2) is 0 Å². The maximum Gasteiger partial charge on any atom is 0.130 e. The van der Waals surface area contributed by atoms with Crippen molar-refractivity contribution in [1.82, 2.24) is 4.98 Å². The number of nitrogens with two attached hydrogens (primary N) is 1. The fraction of sp³-hybridized carbons (Fsp3) is 0.267. The van der Waals surface area contributed by atoms with Crippen LogP contribution in [0.5, 0.6) is 0 Å². The summed E-state index contributed by atoms with van der Waals surface area (Å²) in [5.41, 5.74) is 9.44. The van der Waals surface area contributed by atoms with Crippen molar-refractivity contribution in [2.24, 2.45) is 0 Å². The highest BCUT2D eigenvalue weighted by Gasteiger charge is 2.22. The van der Waals surface area contributed by atoms with Crippen molar-refractivity contribution >= 4 is 11.5 Å². The summed E-state index contributed by atoms with van der Waals surface area (Å²) in [7, 11) is 0. The first-order valence-electron chi connectivity index (χ1n) is 6.28. The second kappa shape index (κ2) is 4.33. The van der Waals surface area contributed by atoms with Gasteiger partial charge in [-0.1, -0.05) is 31.2 Å². The third-order valence-electron chi connectivity index (χ3n) is 3.54. The Bertz CT molecular complexity index is 565. The monoisotopic (exact) mass is 239 g/mol. The molecular weight excluding hydrogens is 222 g/mol. The largest absolute Gasteiger partial charge is 0.399 e. The van der Waals surface area contributed by atoms with Crippen molar-refractivity contribution in [2.75, 3.05) is 17.2 Å². The second-order valence-corrected chi connectivity index (χ2v) is 4.93. The summed E-state index contributed by atoms with van der Waals surface area (Å²) in [6.07, 6.45) is 1.77. The van der Waals surface area contributed by atoms with Crippen molar-refractivity contribution in [3.63, 3.8) is 0 Å². The number of anilines is 2. The molecule has 0 aliphatic carbocycles. The average Bonchev–Trinajstić information content (AvgIpc) is 2.39. The van der Waals surface area contributed by atoms with Gasteiger partial charge in [0, 0.05) is 31.0 Å². The lowest BCUT2D eigenvalue weighted by atomic mass is 9.91. The van der Waals surface area contributed by atoms with Crippen molar-refractivity contribution in [1.29, 1.82) is 0 Å². The molecule has 0 unspecified atom stereocenters. The Morgan fingerprint density at radius 1 is 1.28 bits per heavy atom. The first-order valence-corrected chi connectivity index (χ1v) is 6.28. The number of pyridine rings is 1. The Labute approximate surface area is 107 Å². The van der Waals surface area contributed by atoms with Gasteiger partial charge in [-0.05, 0) is 23.1 Å². The van der Waals surface area contributed by atoms with E-state index in [4.69, 9.17) is 5.73 Å². The number of rotatable bonds is 1. The Morgan fingerprint density at radius 2 is 2.11 bits per heavy atom. The number of hydrogen-bond acceptors (Lipinski definition) is 3. The van der Waals surface area contributed by atoms with Gasteiger partial charge in [0.25, 0.3) is 0 Å². The minimum absolute atomic E-state index is 0.526. The molecule has 92 valence electrons. The van der Waals surface area contributed by atoms with E-state index in [-0.39, 0.29) is 0 Å². The highest BCUT2D eigenvalue weighted by Crippen LogP contribution is 2.30. The summed E-state index contributed by atoms with van der Waals surface area (Å²) in [6, 6.07) is 12.4. The van der Waals surface area contributed by atoms with Gasteiger partial charge >= 0.3 is 0 Å². The van der Waals surface area contributed by atoms with Crippen LogP contribution in [-0.2, 0) is 6.54 Å². The molecule has 0 saturated heterocycles. The van der Waals surface area contributed by atoms with Gasteiger partial charge in [-0.15, -0.1) is 0 Å². The molecule has 0 spiro atoms. The molecule has 1 atom stereocenters. The summed E-state index contributed by atoms with van der Waals surface area (Å²) < 4.78 is 0. The van der Waals surface area contributed by atoms with Crippen LogP contribution >= 0.6 is 0 Å². The maximum atomic E-state index is 5.83. The molecule has 0 amide bonds. The number of aromatic nitrogens is 1. The number of benzene rings is 1. The smallest absolute Gasteiger partial charge is 0.130 e. The molecule has 2 N–H and O–H groups in total. The zero-order valence-corrected chi connectivity index (χ0v) is 10.5. The number of nitrogens with zero attached hydrogens (tertiary/aromatic N) is 2. The zero-order valence-electron chi connectivity index (χ0n) is 10.5. The molecule has 18 heavy (non-hydrogen) atoms.